The van der Waals surface area contributed by atoms with Crippen LogP contribution in [0, 0.1) is 11.3 Å². The Morgan fingerprint density at radius 2 is 2.14 bits per heavy atom. The average Bonchev–Trinajstić information content (AvgIpc) is 3.61. The van der Waals surface area contributed by atoms with E-state index >= 15 is 0 Å². The highest BCUT2D eigenvalue weighted by atomic mass is 16.5. The molecule has 35 heavy (non-hydrogen) atoms. The van der Waals surface area contributed by atoms with E-state index in [1.165, 1.54) is 11.4 Å². The molecule has 5 rings (SSSR count). The van der Waals surface area contributed by atoms with E-state index in [0.29, 0.717) is 31.2 Å². The van der Waals surface area contributed by atoms with Crippen LogP contribution in [0.15, 0.2) is 30.3 Å². The summed E-state index contributed by atoms with van der Waals surface area (Å²) in [6.45, 7) is 3.01. The minimum Gasteiger partial charge on any atom is -0.480 e. The van der Waals surface area contributed by atoms with Crippen LogP contribution in [0.1, 0.15) is 78.6 Å². The van der Waals surface area contributed by atoms with Crippen molar-refractivity contribution in [1.82, 2.24) is 9.88 Å². The van der Waals surface area contributed by atoms with Crippen LogP contribution in [0.3, 0.4) is 0 Å². The number of anilines is 1. The number of carbonyl (C=O) groups is 1. The van der Waals surface area contributed by atoms with Crippen LogP contribution in [0.4, 0.5) is 5.69 Å². The first-order valence-electron chi connectivity index (χ1n) is 13.0. The van der Waals surface area contributed by atoms with Crippen LogP contribution in [0.2, 0.25) is 0 Å². The fourth-order valence-corrected chi connectivity index (χ4v) is 5.53. The zero-order valence-corrected chi connectivity index (χ0v) is 20.2. The monoisotopic (exact) mass is 474 g/mol. The summed E-state index contributed by atoms with van der Waals surface area (Å²) in [5.74, 6) is -0.534. The Hall–Kier alpha value is -2.95. The third-order valence-electron chi connectivity index (χ3n) is 7.43. The maximum absolute atomic E-state index is 12.3. The van der Waals surface area contributed by atoms with Gasteiger partial charge in [0.15, 0.2) is 0 Å². The number of carboxylic acids is 1. The molecule has 2 aliphatic heterocycles. The van der Waals surface area contributed by atoms with Gasteiger partial charge in [0.1, 0.15) is 6.04 Å². The Morgan fingerprint density at radius 3 is 2.94 bits per heavy atom. The van der Waals surface area contributed by atoms with Crippen molar-refractivity contribution < 1.29 is 14.6 Å². The predicted molar refractivity (Wildman–Crippen MR) is 133 cm³/mol. The second kappa shape index (κ2) is 10.8. The van der Waals surface area contributed by atoms with Gasteiger partial charge in [-0.15, -0.1) is 0 Å². The highest BCUT2D eigenvalue weighted by molar-refractivity contribution is 5.77. The number of hydrogen-bond acceptors (Lipinski definition) is 6. The topological polar surface area (TPSA) is 98.5 Å². The number of carboxylic acid groups (broad SMARTS) is 1. The van der Waals surface area contributed by atoms with Gasteiger partial charge in [0.05, 0.1) is 29.1 Å². The van der Waals surface area contributed by atoms with Crippen molar-refractivity contribution in [2.24, 2.45) is 0 Å². The van der Waals surface area contributed by atoms with Crippen molar-refractivity contribution in [3.8, 4) is 6.07 Å². The second-order valence-electron chi connectivity index (χ2n) is 10.00. The number of nitrogens with one attached hydrogen (secondary N) is 1. The van der Waals surface area contributed by atoms with E-state index in [-0.39, 0.29) is 6.10 Å². The first kappa shape index (κ1) is 23.8. The molecule has 0 radical (unpaired) electrons. The van der Waals surface area contributed by atoms with Crippen molar-refractivity contribution in [3.63, 3.8) is 0 Å². The van der Waals surface area contributed by atoms with Crippen molar-refractivity contribution in [3.05, 3.63) is 58.4 Å². The van der Waals surface area contributed by atoms with E-state index in [1.54, 1.807) is 0 Å². The number of nitrogens with zero attached hydrogens (tertiary/aromatic N) is 3. The van der Waals surface area contributed by atoms with E-state index in [2.05, 4.69) is 23.5 Å². The fourth-order valence-electron chi connectivity index (χ4n) is 5.53. The molecular weight excluding hydrogens is 440 g/mol. The van der Waals surface area contributed by atoms with Gasteiger partial charge in [-0.1, -0.05) is 12.1 Å². The third kappa shape index (κ3) is 5.50. The van der Waals surface area contributed by atoms with E-state index in [0.717, 1.165) is 74.7 Å². The summed E-state index contributed by atoms with van der Waals surface area (Å²) < 4.78 is 6.15. The fraction of sp³-hybridized carbons (Fsp3) is 0.536. The van der Waals surface area contributed by atoms with Gasteiger partial charge < -0.3 is 15.2 Å². The molecule has 7 heteroatoms. The van der Waals surface area contributed by atoms with Gasteiger partial charge in [-0.2, -0.15) is 5.26 Å². The highest BCUT2D eigenvalue weighted by Gasteiger charge is 2.38. The zero-order chi connectivity index (χ0) is 24.2. The van der Waals surface area contributed by atoms with Crippen LogP contribution >= 0.6 is 0 Å². The maximum atomic E-state index is 12.3. The lowest BCUT2D eigenvalue weighted by Gasteiger charge is -2.27. The van der Waals surface area contributed by atoms with Crippen molar-refractivity contribution in [2.45, 2.75) is 69.4 Å². The summed E-state index contributed by atoms with van der Waals surface area (Å²) in [6, 6.07) is 11.3. The third-order valence-corrected chi connectivity index (χ3v) is 7.43. The number of likely N-dealkylation sites (tertiary alicyclic amines) is 1. The van der Waals surface area contributed by atoms with E-state index in [4.69, 9.17) is 9.72 Å². The molecule has 0 bridgehead atoms. The quantitative estimate of drug-likeness (QED) is 0.492. The van der Waals surface area contributed by atoms with E-state index < -0.39 is 12.0 Å². The van der Waals surface area contributed by atoms with Gasteiger partial charge in [0.25, 0.3) is 0 Å². The predicted octanol–water partition coefficient (Wildman–Crippen LogP) is 4.43. The molecule has 1 unspecified atom stereocenters. The van der Waals surface area contributed by atoms with E-state index in [1.807, 2.05) is 23.1 Å². The number of rotatable bonds is 10. The molecule has 1 saturated carbocycles. The van der Waals surface area contributed by atoms with Gasteiger partial charge in [-0.05, 0) is 86.6 Å². The summed E-state index contributed by atoms with van der Waals surface area (Å²) in [5.41, 5.74) is 5.86. The number of unbranched alkanes of at least 4 members (excludes halogenated alkanes) is 1. The molecule has 2 aromatic rings. The standard InChI is InChI=1S/C28H34N4O3/c29-17-20-5-3-7-23(26(20)19-9-10-19)27(28(33)34)32-15-13-22(18-32)35-16-2-1-6-21-11-12-24-25(31-21)8-4-14-30-24/h3,5,7,11-12,19,22,27,30H,1-2,4,6,8-10,13-16,18H2,(H,33,34)/t22-,27?/m1/s1. The molecule has 184 valence electrons. The summed E-state index contributed by atoms with van der Waals surface area (Å²) in [7, 11) is 0. The normalized spacial score (nSPS) is 20.6. The molecule has 1 aliphatic carbocycles. The number of aryl methyl sites for hydroxylation is 2. The largest absolute Gasteiger partial charge is 0.480 e. The van der Waals surface area contributed by atoms with Crippen LogP contribution in [-0.2, 0) is 22.4 Å². The summed E-state index contributed by atoms with van der Waals surface area (Å²) in [4.78, 5) is 19.2. The molecule has 2 N–H and O–H groups in total. The number of aliphatic carboxylic acids is 1. The molecule has 1 aromatic carbocycles. The molecule has 3 aliphatic rings. The molecule has 2 atom stereocenters. The Morgan fingerprint density at radius 1 is 1.26 bits per heavy atom. The minimum absolute atomic E-state index is 0.0494. The summed E-state index contributed by atoms with van der Waals surface area (Å²) in [5, 5.41) is 23.1. The molecule has 1 aromatic heterocycles. The van der Waals surface area contributed by atoms with E-state index in [9.17, 15) is 15.2 Å². The maximum Gasteiger partial charge on any atom is 0.325 e. The van der Waals surface area contributed by atoms with Crippen molar-refractivity contribution >= 4 is 11.7 Å². The zero-order valence-electron chi connectivity index (χ0n) is 20.2. The van der Waals surface area contributed by atoms with Gasteiger partial charge in [-0.25, -0.2) is 0 Å². The smallest absolute Gasteiger partial charge is 0.325 e. The summed E-state index contributed by atoms with van der Waals surface area (Å²) in [6.07, 6.45) is 8.08. The Balaban J connectivity index is 1.12. The molecular formula is C28H34N4O3. The number of hydrogen-bond donors (Lipinski definition) is 2. The minimum atomic E-state index is -0.851. The first-order valence-corrected chi connectivity index (χ1v) is 13.0. The molecule has 3 heterocycles. The second-order valence-corrected chi connectivity index (χ2v) is 10.00. The first-order chi connectivity index (χ1) is 17.1. The van der Waals surface area contributed by atoms with Crippen molar-refractivity contribution in [2.75, 3.05) is 31.6 Å². The number of benzene rings is 1. The van der Waals surface area contributed by atoms with Crippen LogP contribution in [-0.4, -0.2) is 53.3 Å². The number of pyridine rings is 1. The molecule has 7 nitrogen and oxygen atoms in total. The average molecular weight is 475 g/mol. The highest BCUT2D eigenvalue weighted by Crippen LogP contribution is 2.45. The SMILES string of the molecule is N#Cc1cccc(C(C(=O)O)N2CC[C@@H](OCCCCc3ccc4c(n3)CCCN4)C2)c1C1CC1. The molecule has 0 amide bonds. The van der Waals surface area contributed by atoms with Crippen molar-refractivity contribution in [1.29, 1.82) is 5.26 Å². The lowest BCUT2D eigenvalue weighted by Crippen LogP contribution is -2.34. The van der Waals surface area contributed by atoms with Crippen LogP contribution in [0.25, 0.3) is 0 Å². The molecule has 1 saturated heterocycles. The summed E-state index contributed by atoms with van der Waals surface area (Å²) >= 11 is 0. The van der Waals surface area contributed by atoms with Gasteiger partial charge in [0.2, 0.25) is 0 Å². The number of aromatic nitrogens is 1. The number of fused-ring (bicyclic) bond motifs is 1. The van der Waals surface area contributed by atoms with Gasteiger partial charge >= 0.3 is 5.97 Å². The van der Waals surface area contributed by atoms with Gasteiger partial charge in [0, 0.05) is 31.9 Å². The van der Waals surface area contributed by atoms with Crippen LogP contribution in [0.5, 0.6) is 0 Å². The Labute approximate surface area is 207 Å². The lowest BCUT2D eigenvalue weighted by molar-refractivity contribution is -0.143. The van der Waals surface area contributed by atoms with Gasteiger partial charge in [-0.3, -0.25) is 14.7 Å². The molecule has 0 spiro atoms. The Bertz CT molecular complexity index is 1110. The van der Waals surface area contributed by atoms with Crippen LogP contribution < -0.4 is 5.32 Å². The molecule has 2 fully saturated rings. The lowest BCUT2D eigenvalue weighted by atomic mass is 9.92. The number of ether oxygens (including phenoxy) is 1. The number of nitriles is 1. The Kier molecular flexibility index (Phi) is 7.31.